The summed E-state index contributed by atoms with van der Waals surface area (Å²) in [5.74, 6) is -0.231. The van der Waals surface area contributed by atoms with E-state index < -0.39 is 5.69 Å². The first kappa shape index (κ1) is 22.8. The SMILES string of the molecule is O=C(c1[nH]c(=O)n(-c2ccccc2[NH2+][O-])c1-c1ccccc1)N1CCNC[C@H]1Cc1ccccc1. The van der Waals surface area contributed by atoms with Crippen molar-refractivity contribution in [2.45, 2.75) is 12.5 Å². The normalized spacial score (nSPS) is 15.8. The molecule has 0 bridgehead atoms. The van der Waals surface area contributed by atoms with Gasteiger partial charge in [-0.05, 0) is 18.1 Å². The van der Waals surface area contributed by atoms with E-state index in [0.717, 1.165) is 11.0 Å². The Kier molecular flexibility index (Phi) is 6.58. The van der Waals surface area contributed by atoms with Crippen LogP contribution in [0.1, 0.15) is 16.1 Å². The molecule has 8 heteroatoms. The van der Waals surface area contributed by atoms with Crippen LogP contribution in [0.4, 0.5) is 5.69 Å². The van der Waals surface area contributed by atoms with Crippen molar-refractivity contribution in [1.29, 1.82) is 0 Å². The lowest BCUT2D eigenvalue weighted by atomic mass is 10.0. The zero-order chi connectivity index (χ0) is 24.2. The lowest BCUT2D eigenvalue weighted by molar-refractivity contribution is -0.496. The number of nitrogens with zero attached hydrogens (tertiary/aromatic N) is 2. The molecule has 4 aromatic rings. The monoisotopic (exact) mass is 469 g/mol. The van der Waals surface area contributed by atoms with Gasteiger partial charge in [0.2, 0.25) is 0 Å². The Labute approximate surface area is 202 Å². The summed E-state index contributed by atoms with van der Waals surface area (Å²) < 4.78 is 1.43. The quantitative estimate of drug-likeness (QED) is 0.297. The second kappa shape index (κ2) is 10.1. The Morgan fingerprint density at radius 1 is 0.971 bits per heavy atom. The van der Waals surface area contributed by atoms with Gasteiger partial charge in [0.15, 0.2) is 5.69 Å². The van der Waals surface area contributed by atoms with Crippen LogP contribution in [-0.2, 0) is 6.42 Å². The second-order valence-electron chi connectivity index (χ2n) is 8.58. The molecule has 0 radical (unpaired) electrons. The summed E-state index contributed by atoms with van der Waals surface area (Å²) in [6.07, 6.45) is 0.708. The van der Waals surface area contributed by atoms with E-state index in [1.807, 2.05) is 53.4 Å². The van der Waals surface area contributed by atoms with E-state index in [1.165, 1.54) is 4.57 Å². The van der Waals surface area contributed by atoms with Gasteiger partial charge in [-0.1, -0.05) is 72.8 Å². The number of imidazole rings is 1. The van der Waals surface area contributed by atoms with Gasteiger partial charge >= 0.3 is 5.69 Å². The summed E-state index contributed by atoms with van der Waals surface area (Å²) in [7, 11) is 0. The zero-order valence-corrected chi connectivity index (χ0v) is 19.2. The lowest BCUT2D eigenvalue weighted by Gasteiger charge is -2.36. The number of carbonyl (C=O) groups is 1. The standard InChI is InChI=1S/C27H27N5O3/c33-26(31-16-15-28-18-21(31)17-19-9-3-1-4-10-19)24-25(20-11-5-2-6-12-20)32(27(34)29-24)23-14-8-7-13-22(23)30-35/h1-14,21,28H,15-18,30H2,(H,29,34)/t21-/m1/s1. The molecule has 3 aromatic carbocycles. The fourth-order valence-corrected chi connectivity index (χ4v) is 4.72. The third-order valence-electron chi connectivity index (χ3n) is 6.39. The molecule has 1 aliphatic rings. The Hall–Kier alpha value is -3.98. The van der Waals surface area contributed by atoms with Gasteiger partial charge in [-0.3, -0.25) is 9.36 Å². The van der Waals surface area contributed by atoms with Gasteiger partial charge < -0.3 is 25.9 Å². The fourth-order valence-electron chi connectivity index (χ4n) is 4.72. The first-order chi connectivity index (χ1) is 17.2. The van der Waals surface area contributed by atoms with E-state index in [2.05, 4.69) is 22.4 Å². The fraction of sp³-hybridized carbons (Fsp3) is 0.185. The third kappa shape index (κ3) is 4.54. The Morgan fingerprint density at radius 3 is 2.40 bits per heavy atom. The minimum absolute atomic E-state index is 0.0589. The van der Waals surface area contributed by atoms with Crippen molar-refractivity contribution in [3.63, 3.8) is 0 Å². The zero-order valence-electron chi connectivity index (χ0n) is 19.2. The molecule has 0 unspecified atom stereocenters. The molecule has 2 heterocycles. The molecule has 0 saturated carbocycles. The molecule has 35 heavy (non-hydrogen) atoms. The smallest absolute Gasteiger partial charge is 0.331 e. The number of benzene rings is 3. The van der Waals surface area contributed by atoms with Gasteiger partial charge in [-0.15, -0.1) is 0 Å². The molecular weight excluding hydrogens is 442 g/mol. The summed E-state index contributed by atoms with van der Waals surface area (Å²) in [5, 5.41) is 15.1. The van der Waals surface area contributed by atoms with Gasteiger partial charge in [0.25, 0.3) is 5.91 Å². The van der Waals surface area contributed by atoms with Crippen LogP contribution in [-0.4, -0.2) is 46.0 Å². The molecule has 0 spiro atoms. The first-order valence-electron chi connectivity index (χ1n) is 11.7. The molecule has 0 aliphatic carbocycles. The number of nitrogens with one attached hydrogen (secondary N) is 2. The molecule has 1 amide bonds. The van der Waals surface area contributed by atoms with Crippen molar-refractivity contribution in [3.8, 4) is 16.9 Å². The molecular formula is C27H27N5O3. The predicted molar refractivity (Wildman–Crippen MR) is 135 cm³/mol. The largest absolute Gasteiger partial charge is 0.630 e. The van der Waals surface area contributed by atoms with Crippen molar-refractivity contribution in [2.75, 3.05) is 19.6 Å². The highest BCUT2D eigenvalue weighted by molar-refractivity contribution is 5.99. The number of aromatic nitrogens is 2. The second-order valence-corrected chi connectivity index (χ2v) is 8.58. The van der Waals surface area contributed by atoms with E-state index in [-0.39, 0.29) is 17.6 Å². The highest BCUT2D eigenvalue weighted by Gasteiger charge is 2.32. The maximum atomic E-state index is 14.0. The van der Waals surface area contributed by atoms with Crippen molar-refractivity contribution in [1.82, 2.24) is 19.8 Å². The molecule has 178 valence electrons. The van der Waals surface area contributed by atoms with Crippen LogP contribution in [0.3, 0.4) is 0 Å². The minimum atomic E-state index is -0.462. The molecule has 8 nitrogen and oxygen atoms in total. The summed E-state index contributed by atoms with van der Waals surface area (Å²) in [6, 6.07) is 26.2. The number of para-hydroxylation sites is 1. The highest BCUT2D eigenvalue weighted by Crippen LogP contribution is 2.28. The van der Waals surface area contributed by atoms with Gasteiger partial charge in [-0.2, -0.15) is 0 Å². The van der Waals surface area contributed by atoms with Crippen molar-refractivity contribution in [3.05, 3.63) is 112 Å². The summed E-state index contributed by atoms with van der Waals surface area (Å²) in [4.78, 5) is 31.9. The van der Waals surface area contributed by atoms with E-state index in [1.54, 1.807) is 24.3 Å². The Balaban J connectivity index is 1.61. The van der Waals surface area contributed by atoms with E-state index in [4.69, 9.17) is 0 Å². The predicted octanol–water partition coefficient (Wildman–Crippen LogP) is 2.18. The van der Waals surface area contributed by atoms with E-state index >= 15 is 0 Å². The number of nitrogens with two attached hydrogens (primary N) is 1. The van der Waals surface area contributed by atoms with Crippen LogP contribution in [0, 0.1) is 5.21 Å². The third-order valence-corrected chi connectivity index (χ3v) is 6.39. The lowest BCUT2D eigenvalue weighted by Crippen LogP contribution is -2.70. The Bertz CT molecular complexity index is 1360. The minimum Gasteiger partial charge on any atom is -0.630 e. The molecule has 4 N–H and O–H groups in total. The summed E-state index contributed by atoms with van der Waals surface area (Å²) in [5.41, 5.74) is 3.59. The van der Waals surface area contributed by atoms with Gasteiger partial charge in [0, 0.05) is 37.3 Å². The number of carbonyl (C=O) groups excluding carboxylic acids is 1. The van der Waals surface area contributed by atoms with Crippen LogP contribution >= 0.6 is 0 Å². The van der Waals surface area contributed by atoms with Crippen LogP contribution in [0.15, 0.2) is 89.7 Å². The van der Waals surface area contributed by atoms with Crippen molar-refractivity contribution < 1.29 is 10.3 Å². The van der Waals surface area contributed by atoms with E-state index in [9.17, 15) is 14.8 Å². The van der Waals surface area contributed by atoms with Crippen molar-refractivity contribution in [2.24, 2.45) is 0 Å². The molecule has 1 aromatic heterocycles. The van der Waals surface area contributed by atoms with Gasteiger partial charge in [0.1, 0.15) is 11.4 Å². The number of H-pyrrole nitrogens is 1. The summed E-state index contributed by atoms with van der Waals surface area (Å²) >= 11 is 0. The Morgan fingerprint density at radius 2 is 1.66 bits per heavy atom. The van der Waals surface area contributed by atoms with Gasteiger partial charge in [0.05, 0.1) is 5.69 Å². The van der Waals surface area contributed by atoms with Gasteiger partial charge in [-0.25, -0.2) is 4.79 Å². The van der Waals surface area contributed by atoms with Crippen LogP contribution in [0.5, 0.6) is 0 Å². The number of piperazine rings is 1. The van der Waals surface area contributed by atoms with Crippen LogP contribution in [0.2, 0.25) is 0 Å². The van der Waals surface area contributed by atoms with Crippen LogP contribution in [0.25, 0.3) is 16.9 Å². The number of rotatable bonds is 6. The number of amides is 1. The highest BCUT2D eigenvalue weighted by atomic mass is 16.5. The number of hydrogen-bond donors (Lipinski definition) is 3. The molecule has 1 aliphatic heterocycles. The maximum absolute atomic E-state index is 14.0. The first-order valence-corrected chi connectivity index (χ1v) is 11.7. The molecule has 1 atom stereocenters. The number of quaternary nitrogens is 1. The number of aromatic amines is 1. The topological polar surface area (TPSA) is 110 Å². The average molecular weight is 470 g/mol. The van der Waals surface area contributed by atoms with Crippen LogP contribution < -0.4 is 16.5 Å². The summed E-state index contributed by atoms with van der Waals surface area (Å²) in [6.45, 7) is 1.87. The molecule has 1 fully saturated rings. The molecule has 1 saturated heterocycles. The molecule has 5 rings (SSSR count). The number of hydrogen-bond acceptors (Lipinski definition) is 4. The maximum Gasteiger partial charge on any atom is 0.331 e. The van der Waals surface area contributed by atoms with E-state index in [0.29, 0.717) is 48.7 Å². The average Bonchev–Trinajstić information content (AvgIpc) is 3.26. The van der Waals surface area contributed by atoms with Crippen molar-refractivity contribution >= 4 is 11.6 Å².